The molecule has 16 nitrogen and oxygen atoms in total. The zero-order chi connectivity index (χ0) is 75.9. The molecule has 572 valence electrons. The van der Waals surface area contributed by atoms with Gasteiger partial charge in [-0.15, -0.1) is 141 Å². The average Bonchev–Trinajstić information content (AvgIpc) is 1.74. The molecule has 0 aliphatic carbocycles. The number of hydrogen-bond donors (Lipinski definition) is 0. The van der Waals surface area contributed by atoms with Crippen LogP contribution in [0.25, 0.3) is 0 Å². The Morgan fingerprint density at radius 3 is 0.406 bits per heavy atom. The van der Waals surface area contributed by atoms with E-state index in [2.05, 4.69) is 25.0 Å². The number of thioether (sulfide) groups is 32. The molecule has 10 heterocycles. The van der Waals surface area contributed by atoms with Gasteiger partial charge in [-0.2, -0.15) is 0 Å². The van der Waals surface area contributed by atoms with Gasteiger partial charge in [0, 0.05) is 46.0 Å². The quantitative estimate of drug-likeness (QED) is 0.0348. The molecule has 10 aliphatic heterocycles. The Morgan fingerprint density at radius 2 is 0.292 bits per heavy atom. The number of ether oxygens (including phenoxy) is 8. The molecule has 0 fully saturated rings. The molecule has 0 spiro atoms. The van der Waals surface area contributed by atoms with E-state index in [4.69, 9.17) is 37.9 Å². The smallest absolute Gasteiger partial charge is 0.346 e. The van der Waals surface area contributed by atoms with E-state index in [-0.39, 0.29) is 39.2 Å². The van der Waals surface area contributed by atoms with E-state index in [1.807, 2.05) is 141 Å². The third kappa shape index (κ3) is 23.4. The fourth-order valence-corrected chi connectivity index (χ4v) is 53.0. The van der Waals surface area contributed by atoms with Crippen LogP contribution in [-0.2, 0) is 76.3 Å². The van der Waals surface area contributed by atoms with Gasteiger partial charge in [0.15, 0.2) is 0 Å². The standard InChI is InChI=1S/C58H52O16S32/c1-67-29(59)21-22(30(60)68-2)88-49(87-21)53-95-37(75-9)41(99-53)79-13-17-83-45-46(84-18-14-80-42-38(76-10)96-54(100-42)50-89-23(31(61)69-3)24(90-50)32(62)70-4)104-57(103-45)58-105-47(85-19-15-81-43-39(77-11)97-55(101-43)51-91-25(33(63)71-5)26(92-51)34(64)72-6)48(106-58)86-20-16-82-44-40(78-12)98-56(102-44)52-93-27(35(65)73-7)28(94-52)36(66)74-8/h13-20H2,1-12H3. The van der Waals surface area contributed by atoms with Crippen LogP contribution in [-0.4, -0.2) is 176 Å². The number of hydrogen-bond acceptors (Lipinski definition) is 48. The maximum atomic E-state index is 12.8. The summed E-state index contributed by atoms with van der Waals surface area (Å²) in [4.78, 5) is 104. The first kappa shape index (κ1) is 91.4. The molecule has 0 unspecified atom stereocenters. The second-order valence-electron chi connectivity index (χ2n) is 18.5. The maximum Gasteiger partial charge on any atom is 0.346 e. The Kier molecular flexibility index (Phi) is 39.2. The predicted octanol–water partition coefficient (Wildman–Crippen LogP) is 23.7. The summed E-state index contributed by atoms with van der Waals surface area (Å²) in [7, 11) is 10.4. The van der Waals surface area contributed by atoms with Crippen molar-refractivity contribution in [3.05, 3.63) is 132 Å². The van der Waals surface area contributed by atoms with Crippen molar-refractivity contribution in [2.45, 2.75) is 0 Å². The van der Waals surface area contributed by atoms with Gasteiger partial charge in [0.05, 0.1) is 150 Å². The topological polar surface area (TPSA) is 210 Å². The predicted molar refractivity (Wildman–Crippen MR) is 507 cm³/mol. The van der Waals surface area contributed by atoms with Crippen molar-refractivity contribution >= 4 is 424 Å². The largest absolute Gasteiger partial charge is 0.465 e. The fraction of sp³-hybridized carbons (Fsp3) is 0.345. The van der Waals surface area contributed by atoms with Crippen molar-refractivity contribution in [2.75, 3.05) is 128 Å². The number of esters is 8. The first-order valence-corrected chi connectivity index (χ1v) is 58.0. The minimum Gasteiger partial charge on any atom is -0.465 e. The maximum absolute atomic E-state index is 12.8. The molecule has 0 aromatic rings. The van der Waals surface area contributed by atoms with Gasteiger partial charge in [-0.1, -0.05) is 235 Å². The van der Waals surface area contributed by atoms with Crippen molar-refractivity contribution < 1.29 is 76.3 Å². The van der Waals surface area contributed by atoms with E-state index in [0.717, 1.165) is 79.9 Å². The summed E-state index contributed by atoms with van der Waals surface area (Å²) >= 11 is 52.3. The summed E-state index contributed by atoms with van der Waals surface area (Å²) in [6.07, 6.45) is 8.27. The highest BCUT2D eigenvalue weighted by Crippen LogP contribution is 2.71. The van der Waals surface area contributed by atoms with Gasteiger partial charge in [0.1, 0.15) is 39.2 Å². The third-order valence-corrected chi connectivity index (χ3v) is 58.8. The van der Waals surface area contributed by atoms with Gasteiger partial charge < -0.3 is 37.9 Å². The van der Waals surface area contributed by atoms with Crippen LogP contribution in [0.4, 0.5) is 0 Å². The third-order valence-electron chi connectivity index (χ3n) is 12.3. The number of carbonyl (C=O) groups excluding carboxylic acids is 8. The van der Waals surface area contributed by atoms with E-state index in [1.165, 1.54) is 210 Å². The molecule has 0 bridgehead atoms. The van der Waals surface area contributed by atoms with Crippen molar-refractivity contribution in [3.8, 4) is 0 Å². The Balaban J connectivity index is 0.847. The molecule has 0 atom stereocenters. The highest BCUT2D eigenvalue weighted by atomic mass is 32.3. The fourth-order valence-electron chi connectivity index (χ4n) is 7.76. The van der Waals surface area contributed by atoms with Crippen molar-refractivity contribution in [3.63, 3.8) is 0 Å². The molecule has 0 amide bonds. The Hall–Kier alpha value is 3.06. The van der Waals surface area contributed by atoms with E-state index in [9.17, 15) is 38.4 Å². The Morgan fingerprint density at radius 1 is 0.189 bits per heavy atom. The van der Waals surface area contributed by atoms with Crippen LogP contribution < -0.4 is 0 Å². The van der Waals surface area contributed by atoms with Crippen molar-refractivity contribution in [1.82, 2.24) is 0 Å². The highest BCUT2D eigenvalue weighted by Gasteiger charge is 2.42. The highest BCUT2D eigenvalue weighted by molar-refractivity contribution is 8.48. The molecule has 0 saturated heterocycles. The van der Waals surface area contributed by atoms with E-state index in [1.54, 1.807) is 141 Å². The summed E-state index contributed by atoms with van der Waals surface area (Å²) in [6, 6.07) is 0. The number of rotatable bonds is 32. The monoisotopic (exact) mass is 2030 g/mol. The molecular formula is C58H52O16S32. The minimum absolute atomic E-state index is 0.231. The first-order valence-electron chi connectivity index (χ1n) is 28.8. The van der Waals surface area contributed by atoms with Gasteiger partial charge in [-0.05, 0) is 25.0 Å². The van der Waals surface area contributed by atoms with Gasteiger partial charge in [0.2, 0.25) is 0 Å². The lowest BCUT2D eigenvalue weighted by atomic mass is 10.5. The molecule has 0 aromatic carbocycles. The summed E-state index contributed by atoms with van der Waals surface area (Å²) in [5.41, 5.74) is 0. The SMILES string of the molecule is COC(=O)C1=C(C(=O)OC)SC(=C2SC(SC)=C(SCCSC3=C(SCCSC4=C(SC)SC(=C5SC(C(=O)OC)=C(C(=O)OC)S5)S4)SC(=C4SC(SCCSC5=C(SC)SC(=C6SC(C(=O)OC)=C(C(=O)OC)S6)S5)=C(SCCSC5=C(SC)SC(=C6SC(C(=O)OC)=C(C(=O)OC)S6)S5)S4)S3)S2)S1. The van der Waals surface area contributed by atoms with Gasteiger partial charge in [-0.25, -0.2) is 38.4 Å². The van der Waals surface area contributed by atoms with Gasteiger partial charge in [-0.3, -0.25) is 0 Å². The second kappa shape index (κ2) is 45.5. The molecule has 10 aliphatic rings. The molecular weight excluding hydrogens is 1980 g/mol. The van der Waals surface area contributed by atoms with Gasteiger partial charge in [0.25, 0.3) is 0 Å². The number of carbonyl (C=O) groups is 8. The molecule has 0 aromatic heterocycles. The lowest BCUT2D eigenvalue weighted by Crippen LogP contribution is -2.08. The summed E-state index contributed by atoms with van der Waals surface area (Å²) in [6.45, 7) is 0. The van der Waals surface area contributed by atoms with Crippen LogP contribution >= 0.6 is 376 Å². The van der Waals surface area contributed by atoms with E-state index in [0.29, 0.717) is 0 Å². The van der Waals surface area contributed by atoms with Crippen LogP contribution in [0.3, 0.4) is 0 Å². The molecule has 0 saturated carbocycles. The Labute approximate surface area is 749 Å². The van der Waals surface area contributed by atoms with E-state index >= 15 is 0 Å². The first-order chi connectivity index (χ1) is 51.3. The van der Waals surface area contributed by atoms with Crippen LogP contribution in [0.15, 0.2) is 132 Å². The molecule has 0 N–H and O–H groups in total. The molecule has 0 radical (unpaired) electrons. The van der Waals surface area contributed by atoms with Crippen LogP contribution in [0, 0.1) is 0 Å². The van der Waals surface area contributed by atoms with Gasteiger partial charge >= 0.3 is 47.8 Å². The second-order valence-corrected chi connectivity index (χ2v) is 56.7. The lowest BCUT2D eigenvalue weighted by molar-refractivity contribution is -0.138. The van der Waals surface area contributed by atoms with Crippen LogP contribution in [0.1, 0.15) is 0 Å². The van der Waals surface area contributed by atoms with Crippen molar-refractivity contribution in [1.29, 1.82) is 0 Å². The summed E-state index contributed by atoms with van der Waals surface area (Å²) < 4.78 is 64.7. The normalized spacial score (nSPS) is 19.4. The Bertz CT molecular complexity index is 3550. The van der Waals surface area contributed by atoms with E-state index < -0.39 is 47.8 Å². The molecule has 48 heteroatoms. The zero-order valence-electron chi connectivity index (χ0n) is 56.3. The minimum atomic E-state index is -0.572. The zero-order valence-corrected chi connectivity index (χ0v) is 82.4. The molecule has 106 heavy (non-hydrogen) atoms. The van der Waals surface area contributed by atoms with Crippen LogP contribution in [0.2, 0.25) is 0 Å². The molecule has 10 rings (SSSR count). The summed E-state index contributed by atoms with van der Waals surface area (Å²) in [5, 5.41) is 0. The lowest BCUT2D eigenvalue weighted by Gasteiger charge is -2.07. The number of methoxy groups -OCH3 is 8. The average molecular weight is 2030 g/mol. The summed E-state index contributed by atoms with van der Waals surface area (Å²) in [5.74, 6) is 2.14. The van der Waals surface area contributed by atoms with Crippen LogP contribution in [0.5, 0.6) is 0 Å². The van der Waals surface area contributed by atoms with Crippen molar-refractivity contribution in [2.24, 2.45) is 0 Å².